The normalized spacial score (nSPS) is 11.4. The maximum Gasteiger partial charge on any atom is 0.277 e. The Balaban J connectivity index is 1.36. The Morgan fingerprint density at radius 3 is 1.94 bits per heavy atom. The van der Waals surface area contributed by atoms with Crippen molar-refractivity contribution in [3.8, 4) is 5.75 Å². The summed E-state index contributed by atoms with van der Waals surface area (Å²) < 4.78 is 12.0. The van der Waals surface area contributed by atoms with E-state index < -0.39 is 23.6 Å². The minimum atomic E-state index is -0.706. The Hall–Kier alpha value is -6.96. The molecule has 6 aromatic rings. The number of primary amides is 2. The number of nitrogens with zero attached hydrogens (tertiary/aromatic N) is 10. The molecule has 20 nitrogen and oxygen atoms in total. The van der Waals surface area contributed by atoms with Crippen molar-refractivity contribution in [3.63, 3.8) is 0 Å². The number of fused-ring (bicyclic) bond motifs is 2. The molecule has 0 fully saturated rings. The number of aromatic nitrogens is 10. The fraction of sp³-hybridized carbons (Fsp3) is 0.226. The number of imidazole rings is 2. The lowest BCUT2D eigenvalue weighted by Gasteiger charge is -2.12. The lowest BCUT2D eigenvalue weighted by Crippen LogP contribution is -2.19. The van der Waals surface area contributed by atoms with Gasteiger partial charge >= 0.3 is 0 Å². The number of anilines is 2. The molecule has 0 atom stereocenters. The lowest BCUT2D eigenvalue weighted by atomic mass is 10.1. The number of carbonyl (C=O) groups is 4. The number of hydrogen-bond donors (Lipinski definition) is 5. The smallest absolute Gasteiger partial charge is 0.277 e. The Kier molecular flexibility index (Phi) is 9.48. The van der Waals surface area contributed by atoms with Crippen molar-refractivity contribution in [2.24, 2.45) is 25.6 Å². The number of ether oxygens (including phenoxy) is 1. The Bertz CT molecular complexity index is 2330. The monoisotopic (exact) mass is 696 g/mol. The molecule has 0 aliphatic rings. The van der Waals surface area contributed by atoms with E-state index in [0.717, 1.165) is 0 Å². The van der Waals surface area contributed by atoms with Gasteiger partial charge in [0.15, 0.2) is 0 Å². The molecular formula is C31H32N14O6. The molecule has 4 amide bonds. The molecule has 2 aromatic carbocycles. The fourth-order valence-electron chi connectivity index (χ4n) is 5.25. The van der Waals surface area contributed by atoms with E-state index in [4.69, 9.17) is 16.2 Å². The van der Waals surface area contributed by atoms with Crippen molar-refractivity contribution in [1.29, 1.82) is 0 Å². The molecule has 0 aliphatic carbocycles. The Labute approximate surface area is 287 Å². The predicted molar refractivity (Wildman–Crippen MR) is 181 cm³/mol. The molecule has 7 N–H and O–H groups in total. The Morgan fingerprint density at radius 2 is 1.37 bits per heavy atom. The number of hydrogen-bond acceptors (Lipinski definition) is 12. The zero-order valence-corrected chi connectivity index (χ0v) is 27.3. The van der Waals surface area contributed by atoms with Crippen LogP contribution >= 0.6 is 0 Å². The third kappa shape index (κ3) is 6.96. The van der Waals surface area contributed by atoms with Crippen LogP contribution in [-0.4, -0.2) is 91.0 Å². The van der Waals surface area contributed by atoms with Gasteiger partial charge in [0, 0.05) is 51.3 Å². The minimum absolute atomic E-state index is 0.116. The molecule has 0 radical (unpaired) electrons. The van der Waals surface area contributed by atoms with Crippen LogP contribution in [0.3, 0.4) is 0 Å². The van der Waals surface area contributed by atoms with Crippen LogP contribution in [0.4, 0.5) is 11.9 Å². The number of carbonyl (C=O) groups excluding carboxylic acids is 4. The van der Waals surface area contributed by atoms with Crippen molar-refractivity contribution < 1.29 is 29.0 Å². The second-order valence-corrected chi connectivity index (χ2v) is 11.2. The second-order valence-electron chi connectivity index (χ2n) is 11.2. The lowest BCUT2D eigenvalue weighted by molar-refractivity contribution is 0.0992. The summed E-state index contributed by atoms with van der Waals surface area (Å²) in [4.78, 5) is 59.4. The summed E-state index contributed by atoms with van der Waals surface area (Å²) in [6.07, 6.45) is 6.54. The van der Waals surface area contributed by atoms with Gasteiger partial charge < -0.3 is 30.4 Å². The minimum Gasteiger partial charge on any atom is -0.491 e. The van der Waals surface area contributed by atoms with Gasteiger partial charge in [0.1, 0.15) is 22.7 Å². The molecule has 0 saturated carbocycles. The number of amides is 4. The number of aliphatic hydroxyl groups is 1. The van der Waals surface area contributed by atoms with E-state index in [0.29, 0.717) is 28.5 Å². The number of rotatable bonds is 14. The van der Waals surface area contributed by atoms with Gasteiger partial charge in [0.2, 0.25) is 23.7 Å². The summed E-state index contributed by atoms with van der Waals surface area (Å²) in [5.74, 6) is -1.80. The highest BCUT2D eigenvalue weighted by Gasteiger charge is 2.22. The van der Waals surface area contributed by atoms with Crippen LogP contribution in [0.5, 0.6) is 5.75 Å². The van der Waals surface area contributed by atoms with Gasteiger partial charge in [-0.15, -0.1) is 10.2 Å². The largest absolute Gasteiger partial charge is 0.491 e. The molecule has 6 rings (SSSR count). The molecule has 262 valence electrons. The summed E-state index contributed by atoms with van der Waals surface area (Å²) in [7, 11) is 3.15. The number of allylic oxidation sites excluding steroid dienone is 2. The van der Waals surface area contributed by atoms with E-state index >= 15 is 0 Å². The van der Waals surface area contributed by atoms with Crippen LogP contribution in [0, 0.1) is 0 Å². The van der Waals surface area contributed by atoms with Crippen molar-refractivity contribution in [2.75, 3.05) is 23.8 Å². The number of benzene rings is 2. The van der Waals surface area contributed by atoms with Crippen LogP contribution < -0.4 is 26.8 Å². The number of nitrogens with two attached hydrogens (primary N) is 2. The highest BCUT2D eigenvalue weighted by Crippen LogP contribution is 2.31. The molecule has 0 unspecified atom stereocenters. The molecule has 0 spiro atoms. The van der Waals surface area contributed by atoms with Crippen molar-refractivity contribution >= 4 is 57.6 Å². The van der Waals surface area contributed by atoms with Gasteiger partial charge in [-0.05, 0) is 30.3 Å². The molecule has 4 heterocycles. The van der Waals surface area contributed by atoms with Gasteiger partial charge in [0.05, 0.1) is 35.6 Å². The Morgan fingerprint density at radius 1 is 0.804 bits per heavy atom. The highest BCUT2D eigenvalue weighted by atomic mass is 16.5. The van der Waals surface area contributed by atoms with E-state index in [1.54, 1.807) is 47.5 Å². The first kappa shape index (κ1) is 33.9. The van der Waals surface area contributed by atoms with E-state index in [2.05, 4.69) is 41.2 Å². The van der Waals surface area contributed by atoms with Gasteiger partial charge in [-0.25, -0.2) is 19.3 Å². The second kappa shape index (κ2) is 14.3. The van der Waals surface area contributed by atoms with E-state index in [1.165, 1.54) is 40.0 Å². The molecular weight excluding hydrogens is 664 g/mol. The number of aliphatic hydroxyl groups excluding tert-OH is 1. The van der Waals surface area contributed by atoms with E-state index in [1.807, 2.05) is 0 Å². The fourth-order valence-corrected chi connectivity index (χ4v) is 5.25. The number of aryl methyl sites for hydroxylation is 2. The van der Waals surface area contributed by atoms with Gasteiger partial charge in [-0.2, -0.15) is 0 Å². The maximum atomic E-state index is 13.2. The third-order valence-electron chi connectivity index (χ3n) is 7.77. The first-order valence-electron chi connectivity index (χ1n) is 15.4. The zero-order valence-electron chi connectivity index (χ0n) is 27.3. The van der Waals surface area contributed by atoms with Crippen LogP contribution in [0.15, 0.2) is 54.9 Å². The molecule has 51 heavy (non-hydrogen) atoms. The quantitative estimate of drug-likeness (QED) is 0.0763. The maximum absolute atomic E-state index is 13.2. The summed E-state index contributed by atoms with van der Waals surface area (Å²) >= 11 is 0. The molecule has 0 aliphatic heterocycles. The SMILES string of the molecule is Cn1nncc1C(=O)Nc1nc2cc(C(N)=O)ccc2n1C/C=C/Cn1c(NC(=O)c2cnnn2C)nc2cc(C(N)=O)cc(OCCCO)c21. The number of nitrogens with one attached hydrogen (secondary N) is 2. The van der Waals surface area contributed by atoms with Crippen LogP contribution in [0.2, 0.25) is 0 Å². The first-order valence-corrected chi connectivity index (χ1v) is 15.4. The average Bonchev–Trinajstić information content (AvgIpc) is 3.88. The predicted octanol–water partition coefficient (Wildman–Crippen LogP) is 0.363. The van der Waals surface area contributed by atoms with Crippen molar-refractivity contribution in [1.82, 2.24) is 49.1 Å². The summed E-state index contributed by atoms with van der Waals surface area (Å²) in [5.41, 5.74) is 13.6. The topological polar surface area (TPSA) is 271 Å². The highest BCUT2D eigenvalue weighted by molar-refractivity contribution is 6.04. The van der Waals surface area contributed by atoms with Crippen molar-refractivity contribution in [3.05, 3.63) is 77.4 Å². The molecule has 20 heteroatoms. The van der Waals surface area contributed by atoms with E-state index in [-0.39, 0.29) is 66.5 Å². The van der Waals surface area contributed by atoms with Crippen LogP contribution in [0.25, 0.3) is 22.1 Å². The van der Waals surface area contributed by atoms with Gasteiger partial charge in [0.25, 0.3) is 11.8 Å². The van der Waals surface area contributed by atoms with Crippen LogP contribution in [0.1, 0.15) is 48.1 Å². The summed E-state index contributed by atoms with van der Waals surface area (Å²) in [5, 5.41) is 30.0. The summed E-state index contributed by atoms with van der Waals surface area (Å²) in [6, 6.07) is 7.73. The standard InChI is InChI=1S/C31H32N14O6/c1-42-22(15-34-40-42)28(49)38-30-36-19-12-17(26(32)47)6-7-21(19)44(30)8-3-4-9-45-25-20(13-18(27(33)48)14-24(25)51-11-5-10-46)37-31(45)39-29(50)23-16-35-41-43(23)2/h3-4,6-7,12-16,46H,5,8-11H2,1-2H3,(H2,32,47)(H2,33,48)(H,36,38,49)(H,37,39,50)/b4-3+. The molecule has 0 saturated heterocycles. The van der Waals surface area contributed by atoms with Crippen LogP contribution in [-0.2, 0) is 27.2 Å². The van der Waals surface area contributed by atoms with Gasteiger partial charge in [-0.3, -0.25) is 29.8 Å². The molecule has 4 aromatic heterocycles. The first-order chi connectivity index (χ1) is 24.5. The van der Waals surface area contributed by atoms with Gasteiger partial charge in [-0.1, -0.05) is 22.6 Å². The van der Waals surface area contributed by atoms with Crippen molar-refractivity contribution in [2.45, 2.75) is 19.5 Å². The van der Waals surface area contributed by atoms with E-state index in [9.17, 15) is 24.3 Å². The molecule has 0 bridgehead atoms. The average molecular weight is 697 g/mol. The summed E-state index contributed by atoms with van der Waals surface area (Å²) in [6.45, 7) is 0.357. The third-order valence-corrected chi connectivity index (χ3v) is 7.77. The zero-order chi connectivity index (χ0) is 36.2.